The van der Waals surface area contributed by atoms with Gasteiger partial charge in [-0.1, -0.05) is 18.2 Å². The lowest BCUT2D eigenvalue weighted by molar-refractivity contribution is -0.137. The van der Waals surface area contributed by atoms with Crippen LogP contribution in [0.25, 0.3) is 11.4 Å². The summed E-state index contributed by atoms with van der Waals surface area (Å²) in [5.74, 6) is 0.795. The number of methoxy groups -OCH3 is 1. The number of nitrogens with zero attached hydrogens (tertiary/aromatic N) is 2. The van der Waals surface area contributed by atoms with E-state index >= 15 is 0 Å². The van der Waals surface area contributed by atoms with Gasteiger partial charge >= 0.3 is 6.18 Å². The van der Waals surface area contributed by atoms with Crippen molar-refractivity contribution >= 4 is 23.0 Å². The molecule has 0 radical (unpaired) electrons. The smallest absolute Gasteiger partial charge is 0.417 e. The van der Waals surface area contributed by atoms with E-state index in [4.69, 9.17) is 26.8 Å². The number of rotatable bonds is 8. The summed E-state index contributed by atoms with van der Waals surface area (Å²) < 4.78 is 49.1. The Labute approximate surface area is 199 Å². The van der Waals surface area contributed by atoms with Crippen molar-refractivity contribution in [2.45, 2.75) is 19.7 Å². The van der Waals surface area contributed by atoms with Crippen molar-refractivity contribution in [2.75, 3.05) is 7.11 Å². The minimum absolute atomic E-state index is 0.0330. The zero-order chi connectivity index (χ0) is 24.9. The fraction of sp³-hybridized carbons (Fsp3) is 0.167. The first-order valence-corrected chi connectivity index (χ1v) is 10.3. The molecular weight excluding hydrogens is 469 g/mol. The molecule has 10 heteroatoms. The summed E-state index contributed by atoms with van der Waals surface area (Å²) >= 11 is 5.82. The van der Waals surface area contributed by atoms with Gasteiger partial charge in [-0.15, -0.1) is 0 Å². The van der Waals surface area contributed by atoms with Gasteiger partial charge in [-0.25, -0.2) is 4.98 Å². The molecule has 0 saturated heterocycles. The average Bonchev–Trinajstić information content (AvgIpc) is 2.82. The number of pyridine rings is 2. The standard InChI is InChI=1S/C24H22ClF3N4O2/c1-14(17-5-9-22(25)31-11-17)32-15(2)23(29)16-4-8-20(21(10-16)33-3)34-13-19-7-6-18(12-30-19)24(26,27)28/h4-12,32H,1,13,29H2,2-3H3/b23-15-. The molecule has 3 aromatic rings. The van der Waals surface area contributed by atoms with Crippen LogP contribution in [0.15, 0.2) is 67.1 Å². The second kappa shape index (κ2) is 10.5. The first-order valence-electron chi connectivity index (χ1n) is 9.96. The monoisotopic (exact) mass is 490 g/mol. The molecule has 1 aromatic carbocycles. The zero-order valence-corrected chi connectivity index (χ0v) is 19.2. The molecule has 0 aliphatic carbocycles. The molecule has 6 nitrogen and oxygen atoms in total. The molecule has 0 aliphatic rings. The average molecular weight is 491 g/mol. The first-order chi connectivity index (χ1) is 16.1. The van der Waals surface area contributed by atoms with Crippen molar-refractivity contribution in [1.82, 2.24) is 15.3 Å². The number of hydrogen-bond donors (Lipinski definition) is 2. The van der Waals surface area contributed by atoms with Crippen molar-refractivity contribution in [3.05, 3.63) is 94.7 Å². The molecule has 178 valence electrons. The minimum atomic E-state index is -4.44. The maximum atomic E-state index is 12.7. The van der Waals surface area contributed by atoms with Gasteiger partial charge in [0.15, 0.2) is 11.5 Å². The lowest BCUT2D eigenvalue weighted by Crippen LogP contribution is -2.14. The van der Waals surface area contributed by atoms with E-state index in [-0.39, 0.29) is 6.61 Å². The van der Waals surface area contributed by atoms with Crippen LogP contribution in [-0.2, 0) is 12.8 Å². The highest BCUT2D eigenvalue weighted by Gasteiger charge is 2.30. The second-order valence-corrected chi connectivity index (χ2v) is 7.59. The summed E-state index contributed by atoms with van der Waals surface area (Å²) in [4.78, 5) is 7.83. The number of allylic oxidation sites excluding steroid dienone is 1. The SMILES string of the molecule is C=C(N/C(C)=C(\N)c1ccc(OCc2ccc(C(F)(F)F)cn2)c(OC)c1)c1ccc(Cl)nc1. The van der Waals surface area contributed by atoms with Gasteiger partial charge in [-0.05, 0) is 49.4 Å². The van der Waals surface area contributed by atoms with Crippen LogP contribution >= 0.6 is 11.6 Å². The molecule has 3 rings (SSSR count). The highest BCUT2D eigenvalue weighted by Crippen LogP contribution is 2.32. The van der Waals surface area contributed by atoms with Crippen molar-refractivity contribution < 1.29 is 22.6 Å². The third-order valence-electron chi connectivity index (χ3n) is 4.82. The number of hydrogen-bond acceptors (Lipinski definition) is 6. The summed E-state index contributed by atoms with van der Waals surface area (Å²) in [6.45, 7) is 5.76. The van der Waals surface area contributed by atoms with Gasteiger partial charge in [0.2, 0.25) is 0 Å². The molecule has 0 fully saturated rings. The third kappa shape index (κ3) is 6.20. The van der Waals surface area contributed by atoms with Gasteiger partial charge in [0, 0.05) is 34.9 Å². The highest BCUT2D eigenvalue weighted by molar-refractivity contribution is 6.29. The quantitative estimate of drug-likeness (QED) is 0.397. The molecule has 0 bridgehead atoms. The van der Waals surface area contributed by atoms with E-state index in [1.807, 2.05) is 0 Å². The van der Waals surface area contributed by atoms with Crippen LogP contribution in [0.2, 0.25) is 5.15 Å². The van der Waals surface area contributed by atoms with Gasteiger partial charge in [0.1, 0.15) is 11.8 Å². The molecular formula is C24H22ClF3N4O2. The van der Waals surface area contributed by atoms with E-state index in [1.54, 1.807) is 43.5 Å². The molecule has 0 unspecified atom stereocenters. The normalized spacial score (nSPS) is 12.1. The first kappa shape index (κ1) is 24.9. The summed E-state index contributed by atoms with van der Waals surface area (Å²) in [5, 5.41) is 3.53. The van der Waals surface area contributed by atoms with E-state index in [0.717, 1.165) is 17.8 Å². The Morgan fingerprint density at radius 2 is 1.79 bits per heavy atom. The summed E-state index contributed by atoms with van der Waals surface area (Å²) in [7, 11) is 1.47. The largest absolute Gasteiger partial charge is 0.493 e. The fourth-order valence-electron chi connectivity index (χ4n) is 2.92. The van der Waals surface area contributed by atoms with E-state index in [9.17, 15) is 13.2 Å². The Morgan fingerprint density at radius 1 is 1.06 bits per heavy atom. The summed E-state index contributed by atoms with van der Waals surface area (Å²) in [6, 6.07) is 10.8. The lowest BCUT2D eigenvalue weighted by Gasteiger charge is -2.15. The van der Waals surface area contributed by atoms with Crippen LogP contribution in [-0.4, -0.2) is 17.1 Å². The second-order valence-electron chi connectivity index (χ2n) is 7.20. The van der Waals surface area contributed by atoms with Gasteiger partial charge in [0.05, 0.1) is 24.1 Å². The van der Waals surface area contributed by atoms with Gasteiger partial charge < -0.3 is 20.5 Å². The number of halogens is 4. The zero-order valence-electron chi connectivity index (χ0n) is 18.4. The molecule has 0 atom stereocenters. The van der Waals surface area contributed by atoms with Gasteiger partial charge in [-0.2, -0.15) is 13.2 Å². The van der Waals surface area contributed by atoms with Crippen molar-refractivity contribution in [3.8, 4) is 11.5 Å². The Kier molecular flexibility index (Phi) is 7.68. The maximum Gasteiger partial charge on any atom is 0.417 e. The molecule has 0 amide bonds. The number of benzene rings is 1. The Morgan fingerprint density at radius 3 is 2.38 bits per heavy atom. The van der Waals surface area contributed by atoms with Gasteiger partial charge in [-0.3, -0.25) is 4.98 Å². The molecule has 3 N–H and O–H groups in total. The van der Waals surface area contributed by atoms with Gasteiger partial charge in [0.25, 0.3) is 0 Å². The van der Waals surface area contributed by atoms with Crippen molar-refractivity contribution in [3.63, 3.8) is 0 Å². The Hall–Kier alpha value is -3.72. The molecule has 0 aliphatic heterocycles. The van der Waals surface area contributed by atoms with Crippen LogP contribution in [0.1, 0.15) is 29.3 Å². The number of aromatic nitrogens is 2. The number of nitrogens with two attached hydrogens (primary N) is 1. The predicted octanol–water partition coefficient (Wildman–Crippen LogP) is 5.64. The number of nitrogens with one attached hydrogen (secondary N) is 1. The molecule has 0 saturated carbocycles. The molecule has 2 heterocycles. The maximum absolute atomic E-state index is 12.7. The van der Waals surface area contributed by atoms with E-state index in [1.165, 1.54) is 13.2 Å². The molecule has 2 aromatic heterocycles. The lowest BCUT2D eigenvalue weighted by atomic mass is 10.1. The van der Waals surface area contributed by atoms with Crippen LogP contribution in [0, 0.1) is 0 Å². The summed E-state index contributed by atoms with van der Waals surface area (Å²) in [5.41, 5.74) is 8.98. The fourth-order valence-corrected chi connectivity index (χ4v) is 3.03. The van der Waals surface area contributed by atoms with Crippen LogP contribution in [0.5, 0.6) is 11.5 Å². The molecule has 34 heavy (non-hydrogen) atoms. The number of ether oxygens (including phenoxy) is 2. The third-order valence-corrected chi connectivity index (χ3v) is 5.04. The van der Waals surface area contributed by atoms with Crippen LogP contribution in [0.4, 0.5) is 13.2 Å². The van der Waals surface area contributed by atoms with Crippen LogP contribution < -0.4 is 20.5 Å². The topological polar surface area (TPSA) is 82.3 Å². The molecule has 0 spiro atoms. The Balaban J connectivity index is 1.71. The number of alkyl halides is 3. The highest BCUT2D eigenvalue weighted by atomic mass is 35.5. The van der Waals surface area contributed by atoms with Crippen LogP contribution in [0.3, 0.4) is 0 Å². The Bertz CT molecular complexity index is 1190. The predicted molar refractivity (Wildman–Crippen MR) is 125 cm³/mol. The summed E-state index contributed by atoms with van der Waals surface area (Å²) in [6.07, 6.45) is -2.07. The minimum Gasteiger partial charge on any atom is -0.493 e. The van der Waals surface area contributed by atoms with Crippen molar-refractivity contribution in [2.24, 2.45) is 5.73 Å². The van der Waals surface area contributed by atoms with Crippen molar-refractivity contribution in [1.29, 1.82) is 0 Å². The van der Waals surface area contributed by atoms with E-state index in [0.29, 0.717) is 45.0 Å². The van der Waals surface area contributed by atoms with E-state index < -0.39 is 11.7 Å². The van der Waals surface area contributed by atoms with E-state index in [2.05, 4.69) is 21.9 Å².